The molecule has 1 amide bonds. The van der Waals surface area contributed by atoms with E-state index in [2.05, 4.69) is 5.32 Å². The first-order valence-corrected chi connectivity index (χ1v) is 7.02. The lowest BCUT2D eigenvalue weighted by Crippen LogP contribution is -2.14. The number of rotatable bonds is 5. The highest BCUT2D eigenvalue weighted by Gasteiger charge is 2.11. The van der Waals surface area contributed by atoms with E-state index in [0.29, 0.717) is 17.1 Å². The van der Waals surface area contributed by atoms with Gasteiger partial charge in [0.25, 0.3) is 11.6 Å². The number of halogens is 1. The SMILES string of the molecule is NCc1ccc(CCl)cc1NC(=O)c1ccc([N+](=O)[O-])cc1. The molecule has 2 aromatic rings. The van der Waals surface area contributed by atoms with Gasteiger partial charge in [-0.3, -0.25) is 14.9 Å². The van der Waals surface area contributed by atoms with E-state index >= 15 is 0 Å². The number of nitrogens with two attached hydrogens (primary N) is 1. The molecule has 2 aromatic carbocycles. The third-order valence-corrected chi connectivity index (χ3v) is 3.45. The first-order valence-electron chi connectivity index (χ1n) is 6.48. The van der Waals surface area contributed by atoms with Crippen molar-refractivity contribution < 1.29 is 9.72 Å². The fraction of sp³-hybridized carbons (Fsp3) is 0.133. The number of nitro benzene ring substituents is 1. The summed E-state index contributed by atoms with van der Waals surface area (Å²) in [7, 11) is 0. The number of carbonyl (C=O) groups excluding carboxylic acids is 1. The van der Waals surface area contributed by atoms with Gasteiger partial charge in [0, 0.05) is 35.8 Å². The summed E-state index contributed by atoms with van der Waals surface area (Å²) in [6, 6.07) is 10.8. The standard InChI is InChI=1S/C15H14ClN3O3/c16-8-10-1-2-12(9-17)14(7-10)18-15(20)11-3-5-13(6-4-11)19(21)22/h1-7H,8-9,17H2,(H,18,20). The van der Waals surface area contributed by atoms with Crippen molar-refractivity contribution in [1.82, 2.24) is 0 Å². The molecular weight excluding hydrogens is 306 g/mol. The molecule has 0 atom stereocenters. The highest BCUT2D eigenvalue weighted by atomic mass is 35.5. The average Bonchev–Trinajstić information content (AvgIpc) is 2.54. The molecule has 3 N–H and O–H groups in total. The monoisotopic (exact) mass is 319 g/mol. The summed E-state index contributed by atoms with van der Waals surface area (Å²) in [5.41, 5.74) is 8.14. The Morgan fingerprint density at radius 3 is 2.45 bits per heavy atom. The van der Waals surface area contributed by atoms with Crippen LogP contribution < -0.4 is 11.1 Å². The van der Waals surface area contributed by atoms with Gasteiger partial charge >= 0.3 is 0 Å². The number of hydrogen-bond acceptors (Lipinski definition) is 4. The zero-order valence-corrected chi connectivity index (χ0v) is 12.3. The van der Waals surface area contributed by atoms with Crippen molar-refractivity contribution in [2.24, 2.45) is 5.73 Å². The highest BCUT2D eigenvalue weighted by Crippen LogP contribution is 2.20. The van der Waals surface area contributed by atoms with Gasteiger partial charge < -0.3 is 11.1 Å². The minimum atomic E-state index is -0.516. The molecular formula is C15H14ClN3O3. The molecule has 114 valence electrons. The number of nitrogens with zero attached hydrogens (tertiary/aromatic N) is 1. The fourth-order valence-corrected chi connectivity index (χ4v) is 2.10. The van der Waals surface area contributed by atoms with E-state index in [1.165, 1.54) is 24.3 Å². The summed E-state index contributed by atoms with van der Waals surface area (Å²) in [4.78, 5) is 22.3. The normalized spacial score (nSPS) is 10.3. The van der Waals surface area contributed by atoms with E-state index < -0.39 is 4.92 Å². The number of alkyl halides is 1. The molecule has 22 heavy (non-hydrogen) atoms. The number of carbonyl (C=O) groups is 1. The van der Waals surface area contributed by atoms with Crippen LogP contribution in [0.1, 0.15) is 21.5 Å². The average molecular weight is 320 g/mol. The van der Waals surface area contributed by atoms with Crippen molar-refractivity contribution in [3.05, 3.63) is 69.3 Å². The first-order chi connectivity index (χ1) is 10.5. The van der Waals surface area contributed by atoms with E-state index in [-0.39, 0.29) is 18.1 Å². The lowest BCUT2D eigenvalue weighted by atomic mass is 10.1. The molecule has 0 bridgehead atoms. The molecule has 0 aliphatic heterocycles. The van der Waals surface area contributed by atoms with Crippen LogP contribution in [-0.4, -0.2) is 10.8 Å². The summed E-state index contributed by atoms with van der Waals surface area (Å²) in [5.74, 6) is -0.0399. The van der Waals surface area contributed by atoms with Crippen LogP contribution >= 0.6 is 11.6 Å². The number of benzene rings is 2. The Morgan fingerprint density at radius 1 is 1.23 bits per heavy atom. The van der Waals surface area contributed by atoms with E-state index in [9.17, 15) is 14.9 Å². The van der Waals surface area contributed by atoms with Crippen LogP contribution in [0.15, 0.2) is 42.5 Å². The first kappa shape index (κ1) is 15.9. The van der Waals surface area contributed by atoms with Crippen LogP contribution in [0.3, 0.4) is 0 Å². The van der Waals surface area contributed by atoms with E-state index in [0.717, 1.165) is 11.1 Å². The lowest BCUT2D eigenvalue weighted by Gasteiger charge is -2.11. The molecule has 0 heterocycles. The van der Waals surface area contributed by atoms with Gasteiger partial charge in [0.2, 0.25) is 0 Å². The minimum absolute atomic E-state index is 0.0664. The Labute approximate surface area is 132 Å². The second-order valence-electron chi connectivity index (χ2n) is 4.59. The van der Waals surface area contributed by atoms with Crippen molar-refractivity contribution in [2.75, 3.05) is 5.32 Å². The van der Waals surface area contributed by atoms with Crippen LogP contribution in [0.5, 0.6) is 0 Å². The molecule has 2 rings (SSSR count). The zero-order valence-electron chi connectivity index (χ0n) is 11.6. The summed E-state index contributed by atoms with van der Waals surface area (Å²) < 4.78 is 0. The Bertz CT molecular complexity index is 702. The van der Waals surface area contributed by atoms with Crippen LogP contribution in [0, 0.1) is 10.1 Å². The maximum absolute atomic E-state index is 12.2. The van der Waals surface area contributed by atoms with Crippen LogP contribution in [-0.2, 0) is 12.4 Å². The number of nitrogens with one attached hydrogen (secondary N) is 1. The van der Waals surface area contributed by atoms with Gasteiger partial charge in [0.15, 0.2) is 0 Å². The summed E-state index contributed by atoms with van der Waals surface area (Å²) >= 11 is 5.79. The Morgan fingerprint density at radius 2 is 1.91 bits per heavy atom. The molecule has 0 spiro atoms. The number of anilines is 1. The number of non-ortho nitro benzene ring substituents is 1. The Balaban J connectivity index is 2.22. The maximum Gasteiger partial charge on any atom is 0.269 e. The van der Waals surface area contributed by atoms with E-state index in [1.807, 2.05) is 12.1 Å². The predicted octanol–water partition coefficient (Wildman–Crippen LogP) is 3.04. The molecule has 6 nitrogen and oxygen atoms in total. The van der Waals surface area contributed by atoms with Gasteiger partial charge in [0.1, 0.15) is 0 Å². The number of amides is 1. The molecule has 0 saturated heterocycles. The topological polar surface area (TPSA) is 98.3 Å². The molecule has 0 unspecified atom stereocenters. The smallest absolute Gasteiger partial charge is 0.269 e. The van der Waals surface area contributed by atoms with Gasteiger partial charge in [-0.25, -0.2) is 0 Å². The van der Waals surface area contributed by atoms with Gasteiger partial charge in [-0.05, 0) is 29.3 Å². The van der Waals surface area contributed by atoms with Gasteiger partial charge in [-0.15, -0.1) is 11.6 Å². The molecule has 0 radical (unpaired) electrons. The third kappa shape index (κ3) is 3.60. The second kappa shape index (κ2) is 7.02. The predicted molar refractivity (Wildman–Crippen MR) is 84.9 cm³/mol. The minimum Gasteiger partial charge on any atom is -0.326 e. The van der Waals surface area contributed by atoms with Crippen LogP contribution in [0.2, 0.25) is 0 Å². The molecule has 0 aliphatic carbocycles. The molecule has 0 aromatic heterocycles. The van der Waals surface area contributed by atoms with Crippen LogP contribution in [0.4, 0.5) is 11.4 Å². The molecule has 0 fully saturated rings. The van der Waals surface area contributed by atoms with Crippen molar-refractivity contribution in [3.8, 4) is 0 Å². The molecule has 0 aliphatic rings. The number of nitro groups is 1. The second-order valence-corrected chi connectivity index (χ2v) is 4.85. The van der Waals surface area contributed by atoms with Crippen molar-refractivity contribution in [3.63, 3.8) is 0 Å². The highest BCUT2D eigenvalue weighted by molar-refractivity contribution is 6.17. The Hall–Kier alpha value is -2.44. The van der Waals surface area contributed by atoms with Crippen molar-refractivity contribution >= 4 is 28.9 Å². The summed E-state index contributed by atoms with van der Waals surface area (Å²) in [5, 5.41) is 13.4. The number of hydrogen-bond donors (Lipinski definition) is 2. The summed E-state index contributed by atoms with van der Waals surface area (Å²) in [6.07, 6.45) is 0. The van der Waals surface area contributed by atoms with Gasteiger partial charge in [-0.2, -0.15) is 0 Å². The Kier molecular flexibility index (Phi) is 5.08. The fourth-order valence-electron chi connectivity index (χ4n) is 1.93. The maximum atomic E-state index is 12.2. The zero-order chi connectivity index (χ0) is 16.1. The third-order valence-electron chi connectivity index (χ3n) is 3.14. The van der Waals surface area contributed by atoms with Crippen molar-refractivity contribution in [2.45, 2.75) is 12.4 Å². The lowest BCUT2D eigenvalue weighted by molar-refractivity contribution is -0.384. The molecule has 0 saturated carbocycles. The van der Waals surface area contributed by atoms with Crippen molar-refractivity contribution in [1.29, 1.82) is 0 Å². The summed E-state index contributed by atoms with van der Waals surface area (Å²) in [6.45, 7) is 0.276. The quantitative estimate of drug-likeness (QED) is 0.502. The largest absolute Gasteiger partial charge is 0.326 e. The van der Waals surface area contributed by atoms with Gasteiger partial charge in [-0.1, -0.05) is 12.1 Å². The van der Waals surface area contributed by atoms with Gasteiger partial charge in [0.05, 0.1) is 4.92 Å². The molecule has 7 heteroatoms. The van der Waals surface area contributed by atoms with E-state index in [4.69, 9.17) is 17.3 Å². The van der Waals surface area contributed by atoms with E-state index in [1.54, 1.807) is 6.07 Å². The van der Waals surface area contributed by atoms with Crippen LogP contribution in [0.25, 0.3) is 0 Å².